The van der Waals surface area contributed by atoms with Gasteiger partial charge < -0.3 is 4.74 Å². The summed E-state index contributed by atoms with van der Waals surface area (Å²) in [6, 6.07) is 8.79. The fourth-order valence-corrected chi connectivity index (χ4v) is 2.40. The van der Waals surface area contributed by atoms with Gasteiger partial charge in [0.2, 0.25) is 0 Å². The number of halogens is 4. The zero-order valence-electron chi connectivity index (χ0n) is 9.96. The summed E-state index contributed by atoms with van der Waals surface area (Å²) in [5.74, 6) is -0.618. The molecule has 0 aliphatic carbocycles. The van der Waals surface area contributed by atoms with E-state index in [1.165, 1.54) is 31.4 Å². The lowest BCUT2D eigenvalue weighted by atomic mass is 10.0. The third kappa shape index (κ3) is 3.07. The monoisotopic (exact) mass is 346 g/mol. The minimum absolute atomic E-state index is 0.212. The first-order valence-corrected chi connectivity index (χ1v) is 6.68. The maximum absolute atomic E-state index is 13.9. The molecule has 0 fully saturated rings. The summed E-state index contributed by atoms with van der Waals surface area (Å²) in [6.07, 6.45) is 0. The molecule has 0 bridgehead atoms. The molecule has 0 heterocycles. The Morgan fingerprint density at radius 3 is 2.16 bits per heavy atom. The fourth-order valence-electron chi connectivity index (χ4n) is 1.71. The van der Waals surface area contributed by atoms with Crippen LogP contribution in [0.1, 0.15) is 16.5 Å². The van der Waals surface area contributed by atoms with Crippen molar-refractivity contribution >= 4 is 27.5 Å². The van der Waals surface area contributed by atoms with Gasteiger partial charge in [-0.2, -0.15) is 0 Å². The number of rotatable bonds is 3. The van der Waals surface area contributed by atoms with E-state index in [0.29, 0.717) is 10.2 Å². The molecule has 0 radical (unpaired) electrons. The van der Waals surface area contributed by atoms with Gasteiger partial charge in [-0.25, -0.2) is 8.78 Å². The summed E-state index contributed by atoms with van der Waals surface area (Å²) in [4.78, 5) is 0. The van der Waals surface area contributed by atoms with Crippen LogP contribution in [0.3, 0.4) is 0 Å². The molecular weight excluding hydrogens is 338 g/mol. The van der Waals surface area contributed by atoms with Crippen molar-refractivity contribution in [2.45, 2.75) is 5.38 Å². The van der Waals surface area contributed by atoms with E-state index in [1.807, 2.05) is 0 Å². The molecule has 19 heavy (non-hydrogen) atoms. The first-order valence-electron chi connectivity index (χ1n) is 5.45. The van der Waals surface area contributed by atoms with Crippen LogP contribution in [0.25, 0.3) is 0 Å². The van der Waals surface area contributed by atoms with Crippen molar-refractivity contribution in [3.8, 4) is 5.75 Å². The van der Waals surface area contributed by atoms with Crippen molar-refractivity contribution in [1.29, 1.82) is 0 Å². The van der Waals surface area contributed by atoms with Crippen molar-refractivity contribution in [2.24, 2.45) is 0 Å². The molecule has 2 rings (SSSR count). The van der Waals surface area contributed by atoms with E-state index in [-0.39, 0.29) is 11.1 Å². The lowest BCUT2D eigenvalue weighted by Gasteiger charge is -2.13. The molecule has 0 saturated carbocycles. The van der Waals surface area contributed by atoms with E-state index in [2.05, 4.69) is 15.9 Å². The van der Waals surface area contributed by atoms with Gasteiger partial charge in [0.25, 0.3) is 0 Å². The Kier molecular flexibility index (Phi) is 4.42. The Hall–Kier alpha value is -1.13. The largest absolute Gasteiger partial charge is 0.497 e. The van der Waals surface area contributed by atoms with Crippen molar-refractivity contribution in [1.82, 2.24) is 0 Å². The quantitative estimate of drug-likeness (QED) is 0.705. The van der Waals surface area contributed by atoms with Crippen LogP contribution in [0.5, 0.6) is 5.75 Å². The number of ether oxygens (including phenoxy) is 1. The molecule has 100 valence electrons. The predicted molar refractivity (Wildman–Crippen MR) is 74.7 cm³/mol. The highest BCUT2D eigenvalue weighted by atomic mass is 79.9. The minimum Gasteiger partial charge on any atom is -0.497 e. The zero-order valence-corrected chi connectivity index (χ0v) is 12.3. The summed E-state index contributed by atoms with van der Waals surface area (Å²) in [7, 11) is 1.45. The second kappa shape index (κ2) is 5.88. The average molecular weight is 348 g/mol. The predicted octanol–water partition coefficient (Wildman–Crippen LogP) is 5.06. The van der Waals surface area contributed by atoms with E-state index >= 15 is 0 Å². The van der Waals surface area contributed by atoms with Crippen molar-refractivity contribution in [3.63, 3.8) is 0 Å². The second-order valence-corrected chi connectivity index (χ2v) is 5.27. The van der Waals surface area contributed by atoms with Crippen LogP contribution >= 0.6 is 27.5 Å². The van der Waals surface area contributed by atoms with Crippen LogP contribution in [0.4, 0.5) is 8.78 Å². The van der Waals surface area contributed by atoms with E-state index in [0.717, 1.165) is 0 Å². The Labute approximate surface area is 123 Å². The summed E-state index contributed by atoms with van der Waals surface area (Å²) in [5.41, 5.74) is 0.442. The van der Waals surface area contributed by atoms with Gasteiger partial charge in [-0.3, -0.25) is 0 Å². The molecule has 1 unspecified atom stereocenters. The third-order valence-electron chi connectivity index (χ3n) is 2.72. The standard InChI is InChI=1S/C14H10BrClF2O/c1-19-9-3-5-11(13(18)7-9)14(16)10-4-2-8(15)6-12(10)17/h2-7,14H,1H3. The molecule has 2 aromatic carbocycles. The molecule has 2 aromatic rings. The normalized spacial score (nSPS) is 12.3. The van der Waals surface area contributed by atoms with Gasteiger partial charge in [0.15, 0.2) is 0 Å². The van der Waals surface area contributed by atoms with E-state index in [4.69, 9.17) is 16.3 Å². The van der Waals surface area contributed by atoms with Gasteiger partial charge in [-0.1, -0.05) is 28.1 Å². The van der Waals surface area contributed by atoms with Gasteiger partial charge in [0.1, 0.15) is 17.4 Å². The third-order valence-corrected chi connectivity index (χ3v) is 3.68. The smallest absolute Gasteiger partial charge is 0.131 e. The molecule has 0 aliphatic rings. The Morgan fingerprint density at radius 2 is 1.63 bits per heavy atom. The van der Waals surface area contributed by atoms with E-state index in [9.17, 15) is 8.78 Å². The lowest BCUT2D eigenvalue weighted by molar-refractivity contribution is 0.410. The highest BCUT2D eigenvalue weighted by molar-refractivity contribution is 9.10. The maximum atomic E-state index is 13.9. The first kappa shape index (κ1) is 14.3. The number of alkyl halides is 1. The number of hydrogen-bond donors (Lipinski definition) is 0. The highest BCUT2D eigenvalue weighted by Gasteiger charge is 2.19. The Morgan fingerprint density at radius 1 is 1.05 bits per heavy atom. The lowest BCUT2D eigenvalue weighted by Crippen LogP contribution is -2.00. The zero-order chi connectivity index (χ0) is 14.0. The van der Waals surface area contributed by atoms with Gasteiger partial charge >= 0.3 is 0 Å². The molecule has 1 atom stereocenters. The van der Waals surface area contributed by atoms with Crippen LogP contribution in [0, 0.1) is 11.6 Å². The second-order valence-electron chi connectivity index (χ2n) is 3.92. The molecule has 0 saturated heterocycles. The van der Waals surface area contributed by atoms with Crippen molar-refractivity contribution in [3.05, 3.63) is 63.6 Å². The highest BCUT2D eigenvalue weighted by Crippen LogP contribution is 2.34. The van der Waals surface area contributed by atoms with E-state index < -0.39 is 17.0 Å². The van der Waals surface area contributed by atoms with Crippen molar-refractivity contribution < 1.29 is 13.5 Å². The van der Waals surface area contributed by atoms with Crippen LogP contribution in [-0.2, 0) is 0 Å². The Bertz CT molecular complexity index is 604. The molecule has 0 N–H and O–H groups in total. The fraction of sp³-hybridized carbons (Fsp3) is 0.143. The number of benzene rings is 2. The molecule has 1 nitrogen and oxygen atoms in total. The Balaban J connectivity index is 2.41. The van der Waals surface area contributed by atoms with Gasteiger partial charge in [-0.15, -0.1) is 11.6 Å². The average Bonchev–Trinajstić information content (AvgIpc) is 2.37. The van der Waals surface area contributed by atoms with Gasteiger partial charge in [-0.05, 0) is 18.2 Å². The van der Waals surface area contributed by atoms with Crippen LogP contribution < -0.4 is 4.74 Å². The minimum atomic E-state index is -0.890. The van der Waals surface area contributed by atoms with Crippen LogP contribution in [-0.4, -0.2) is 7.11 Å². The molecule has 0 amide bonds. The van der Waals surface area contributed by atoms with E-state index in [1.54, 1.807) is 12.1 Å². The first-order chi connectivity index (χ1) is 9.02. The number of hydrogen-bond acceptors (Lipinski definition) is 1. The molecule has 0 aromatic heterocycles. The summed E-state index contributed by atoms with van der Waals surface area (Å²) < 4.78 is 33.2. The topological polar surface area (TPSA) is 9.23 Å². The number of methoxy groups -OCH3 is 1. The molecule has 0 spiro atoms. The summed E-state index contributed by atoms with van der Waals surface area (Å²) in [5, 5.41) is -0.890. The molecule has 0 aliphatic heterocycles. The molecular formula is C14H10BrClF2O. The van der Waals surface area contributed by atoms with Gasteiger partial charge in [0.05, 0.1) is 12.5 Å². The SMILES string of the molecule is COc1ccc(C(Cl)c2ccc(Br)cc2F)c(F)c1. The maximum Gasteiger partial charge on any atom is 0.131 e. The van der Waals surface area contributed by atoms with Crippen LogP contribution in [0.2, 0.25) is 0 Å². The summed E-state index contributed by atoms with van der Waals surface area (Å²) >= 11 is 9.32. The van der Waals surface area contributed by atoms with Gasteiger partial charge in [0, 0.05) is 21.7 Å². The van der Waals surface area contributed by atoms with Crippen molar-refractivity contribution in [2.75, 3.05) is 7.11 Å². The molecule has 5 heteroatoms. The van der Waals surface area contributed by atoms with Crippen LogP contribution in [0.15, 0.2) is 40.9 Å². The summed E-state index contributed by atoms with van der Waals surface area (Å²) in [6.45, 7) is 0.